The first kappa shape index (κ1) is 18.5. The van der Waals surface area contributed by atoms with Gasteiger partial charge < -0.3 is 25.5 Å². The number of hydrogen-bond acceptors (Lipinski definition) is 7. The van der Waals surface area contributed by atoms with Gasteiger partial charge in [0.25, 0.3) is 0 Å². The number of ether oxygens (including phenoxy) is 2. The van der Waals surface area contributed by atoms with Crippen LogP contribution < -0.4 is 16.5 Å². The van der Waals surface area contributed by atoms with Crippen LogP contribution in [0.2, 0.25) is 0 Å². The molecule has 0 fully saturated rings. The van der Waals surface area contributed by atoms with E-state index in [0.717, 1.165) is 0 Å². The number of esters is 1. The van der Waals surface area contributed by atoms with Crippen molar-refractivity contribution in [3.8, 4) is 0 Å². The molecule has 0 radical (unpaired) electrons. The van der Waals surface area contributed by atoms with E-state index in [4.69, 9.17) is 15.2 Å². The molecule has 0 aliphatic carbocycles. The van der Waals surface area contributed by atoms with Crippen LogP contribution in [0, 0.1) is 5.92 Å². The predicted molar refractivity (Wildman–Crippen MR) is 89.5 cm³/mol. The van der Waals surface area contributed by atoms with Crippen molar-refractivity contribution in [1.29, 1.82) is 0 Å². The fourth-order valence-electron chi connectivity index (χ4n) is 2.23. The number of aromatic nitrogens is 3. The monoisotopic (exact) mass is 351 g/mol. The van der Waals surface area contributed by atoms with Crippen LogP contribution in [0.5, 0.6) is 0 Å². The number of rotatable bonds is 9. The third kappa shape index (κ3) is 4.57. The smallest absolute Gasteiger partial charge is 0.328 e. The number of H-pyrrole nitrogens is 1. The fraction of sp³-hybridized carbons (Fsp3) is 0.467. The lowest BCUT2D eigenvalue weighted by Crippen LogP contribution is -2.41. The molecule has 2 rings (SSSR count). The van der Waals surface area contributed by atoms with Crippen LogP contribution in [-0.4, -0.2) is 46.2 Å². The predicted octanol–water partition coefficient (Wildman–Crippen LogP) is -0.405. The van der Waals surface area contributed by atoms with Crippen LogP contribution in [-0.2, 0) is 25.8 Å². The fourth-order valence-corrected chi connectivity index (χ4v) is 2.23. The van der Waals surface area contributed by atoms with Crippen molar-refractivity contribution >= 4 is 29.4 Å². The van der Waals surface area contributed by atoms with Gasteiger partial charge in [0.2, 0.25) is 11.8 Å². The molecule has 0 saturated carbocycles. The SMILES string of the molecule is CC(C)C(NC=O)C(=O)OCCOCn1cnc2c(=O)cc(N)[nH]c21. The second-order valence-electron chi connectivity index (χ2n) is 5.71. The Kier molecular flexibility index (Phi) is 6.12. The maximum Gasteiger partial charge on any atom is 0.328 e. The number of nitrogen functional groups attached to an aromatic ring is 1. The van der Waals surface area contributed by atoms with Crippen LogP contribution in [0.4, 0.5) is 5.82 Å². The average Bonchev–Trinajstić information content (AvgIpc) is 2.95. The quantitative estimate of drug-likeness (QED) is 0.317. The summed E-state index contributed by atoms with van der Waals surface area (Å²) in [6.07, 6.45) is 1.93. The standard InChI is InChI=1S/C15H21N5O5/c1-9(2)12(18-7-21)15(23)25-4-3-24-8-20-6-17-13-10(22)5-11(16)19-14(13)20/h5-7,9,12H,3-4,8H2,1-2H3,(H,18,21)(H3,16,19,22). The number of nitrogens with one attached hydrogen (secondary N) is 2. The summed E-state index contributed by atoms with van der Waals surface area (Å²) in [5, 5.41) is 2.42. The van der Waals surface area contributed by atoms with Gasteiger partial charge >= 0.3 is 5.97 Å². The van der Waals surface area contributed by atoms with Gasteiger partial charge in [0.1, 0.15) is 30.8 Å². The normalized spacial score (nSPS) is 12.3. The Labute approximate surface area is 143 Å². The highest BCUT2D eigenvalue weighted by atomic mass is 16.6. The van der Waals surface area contributed by atoms with E-state index < -0.39 is 12.0 Å². The number of nitrogens with two attached hydrogens (primary N) is 1. The molecule has 0 aliphatic rings. The number of amides is 1. The molecule has 10 heteroatoms. The average molecular weight is 351 g/mol. The highest BCUT2D eigenvalue weighted by Gasteiger charge is 2.22. The number of carbonyl (C=O) groups is 2. The van der Waals surface area contributed by atoms with Crippen LogP contribution in [0.3, 0.4) is 0 Å². The van der Waals surface area contributed by atoms with Crippen molar-refractivity contribution in [2.75, 3.05) is 18.9 Å². The second kappa shape index (κ2) is 8.29. The van der Waals surface area contributed by atoms with E-state index in [1.165, 1.54) is 12.4 Å². The first-order valence-electron chi connectivity index (χ1n) is 7.71. The summed E-state index contributed by atoms with van der Waals surface area (Å²) in [6, 6.07) is 0.571. The van der Waals surface area contributed by atoms with E-state index >= 15 is 0 Å². The van der Waals surface area contributed by atoms with E-state index in [2.05, 4.69) is 15.3 Å². The summed E-state index contributed by atoms with van der Waals surface area (Å²) in [5.74, 6) is -0.371. The van der Waals surface area contributed by atoms with Gasteiger partial charge in [-0.05, 0) is 5.92 Å². The number of hydrogen-bond donors (Lipinski definition) is 3. The molecule has 1 atom stereocenters. The van der Waals surface area contributed by atoms with E-state index in [1.54, 1.807) is 18.4 Å². The molecule has 0 spiro atoms. The van der Waals surface area contributed by atoms with Crippen LogP contribution in [0.25, 0.3) is 11.2 Å². The minimum atomic E-state index is -0.692. The topological polar surface area (TPSA) is 141 Å². The molecule has 1 amide bonds. The number of nitrogens with zero attached hydrogens (tertiary/aromatic N) is 2. The Balaban J connectivity index is 1.83. The highest BCUT2D eigenvalue weighted by Crippen LogP contribution is 2.08. The highest BCUT2D eigenvalue weighted by molar-refractivity contribution is 5.78. The first-order chi connectivity index (χ1) is 11.9. The van der Waals surface area contributed by atoms with Gasteiger partial charge in [-0.15, -0.1) is 0 Å². The Morgan fingerprint density at radius 2 is 2.24 bits per heavy atom. The summed E-state index contributed by atoms with van der Waals surface area (Å²) in [5.41, 5.74) is 6.06. The zero-order chi connectivity index (χ0) is 18.4. The second-order valence-corrected chi connectivity index (χ2v) is 5.71. The number of pyridine rings is 1. The van der Waals surface area contributed by atoms with Crippen molar-refractivity contribution in [1.82, 2.24) is 19.9 Å². The number of imidazole rings is 1. The first-order valence-corrected chi connectivity index (χ1v) is 7.71. The zero-order valence-corrected chi connectivity index (χ0v) is 14.0. The van der Waals surface area contributed by atoms with Crippen molar-refractivity contribution in [3.63, 3.8) is 0 Å². The number of fused-ring (bicyclic) bond motifs is 1. The summed E-state index contributed by atoms with van der Waals surface area (Å²) in [6.45, 7) is 3.89. The Hall–Kier alpha value is -2.88. The Bertz CT molecular complexity index is 797. The number of carbonyl (C=O) groups excluding carboxylic acids is 2. The Morgan fingerprint density at radius 3 is 2.92 bits per heavy atom. The largest absolute Gasteiger partial charge is 0.462 e. The maximum atomic E-state index is 11.8. The molecule has 0 saturated heterocycles. The van der Waals surface area contributed by atoms with Gasteiger partial charge in [-0.25, -0.2) is 9.78 Å². The molecule has 2 aromatic rings. The summed E-state index contributed by atoms with van der Waals surface area (Å²) in [4.78, 5) is 40.9. The molecule has 4 N–H and O–H groups in total. The molecular weight excluding hydrogens is 330 g/mol. The molecule has 0 bridgehead atoms. The molecule has 0 aromatic carbocycles. The molecule has 2 aromatic heterocycles. The van der Waals surface area contributed by atoms with Gasteiger partial charge in [-0.2, -0.15) is 0 Å². The Morgan fingerprint density at radius 1 is 1.48 bits per heavy atom. The molecule has 136 valence electrons. The van der Waals surface area contributed by atoms with Gasteiger partial charge in [-0.1, -0.05) is 13.8 Å². The van der Waals surface area contributed by atoms with Crippen LogP contribution >= 0.6 is 0 Å². The third-order valence-electron chi connectivity index (χ3n) is 3.49. The van der Waals surface area contributed by atoms with Crippen molar-refractivity contribution in [3.05, 3.63) is 22.6 Å². The van der Waals surface area contributed by atoms with Gasteiger partial charge in [0.15, 0.2) is 5.52 Å². The molecule has 2 heterocycles. The summed E-state index contributed by atoms with van der Waals surface area (Å²) >= 11 is 0. The van der Waals surface area contributed by atoms with Crippen LogP contribution in [0.1, 0.15) is 13.8 Å². The summed E-state index contributed by atoms with van der Waals surface area (Å²) < 4.78 is 12.1. The number of aromatic amines is 1. The number of anilines is 1. The van der Waals surface area contributed by atoms with Crippen molar-refractivity contribution < 1.29 is 19.1 Å². The minimum absolute atomic E-state index is 0.0356. The molecule has 0 aliphatic heterocycles. The lowest BCUT2D eigenvalue weighted by molar-refractivity contribution is -0.150. The van der Waals surface area contributed by atoms with E-state index in [9.17, 15) is 14.4 Å². The van der Waals surface area contributed by atoms with E-state index in [0.29, 0.717) is 12.1 Å². The van der Waals surface area contributed by atoms with Crippen LogP contribution in [0.15, 0.2) is 17.2 Å². The summed E-state index contributed by atoms with van der Waals surface area (Å²) in [7, 11) is 0. The van der Waals surface area contributed by atoms with Gasteiger partial charge in [0, 0.05) is 6.07 Å². The molecule has 25 heavy (non-hydrogen) atoms. The molecular formula is C15H21N5O5. The minimum Gasteiger partial charge on any atom is -0.462 e. The zero-order valence-electron chi connectivity index (χ0n) is 14.0. The van der Waals surface area contributed by atoms with Crippen molar-refractivity contribution in [2.45, 2.75) is 26.6 Å². The molecule has 10 nitrogen and oxygen atoms in total. The van der Waals surface area contributed by atoms with Crippen molar-refractivity contribution in [2.24, 2.45) is 5.92 Å². The lowest BCUT2D eigenvalue weighted by Gasteiger charge is -2.18. The maximum absolute atomic E-state index is 11.8. The lowest BCUT2D eigenvalue weighted by atomic mass is 10.1. The van der Waals surface area contributed by atoms with Gasteiger partial charge in [-0.3, -0.25) is 14.2 Å². The van der Waals surface area contributed by atoms with E-state index in [1.807, 2.05) is 0 Å². The molecule has 1 unspecified atom stereocenters. The van der Waals surface area contributed by atoms with Gasteiger partial charge in [0.05, 0.1) is 12.9 Å². The third-order valence-corrected chi connectivity index (χ3v) is 3.49. The van der Waals surface area contributed by atoms with E-state index in [-0.39, 0.29) is 42.6 Å².